The summed E-state index contributed by atoms with van der Waals surface area (Å²) in [7, 11) is 0. The molecule has 2 heterocycles. The zero-order valence-electron chi connectivity index (χ0n) is 15.3. The Morgan fingerprint density at radius 2 is 2.00 bits per heavy atom. The van der Waals surface area contributed by atoms with Crippen molar-refractivity contribution in [2.24, 2.45) is 5.73 Å². The van der Waals surface area contributed by atoms with E-state index < -0.39 is 23.6 Å². The molecule has 1 aromatic heterocycles. The molecule has 1 aliphatic rings. The van der Waals surface area contributed by atoms with Crippen molar-refractivity contribution in [1.29, 1.82) is 5.26 Å². The molecule has 1 saturated heterocycles. The van der Waals surface area contributed by atoms with Crippen LogP contribution in [0.1, 0.15) is 46.1 Å². The van der Waals surface area contributed by atoms with Crippen molar-refractivity contribution in [2.45, 2.75) is 52.2 Å². The molecule has 0 spiro atoms. The van der Waals surface area contributed by atoms with E-state index in [9.17, 15) is 9.59 Å². The van der Waals surface area contributed by atoms with Crippen LogP contribution in [0.25, 0.3) is 0 Å². The predicted molar refractivity (Wildman–Crippen MR) is 101 cm³/mol. The topological polar surface area (TPSA) is 121 Å². The van der Waals surface area contributed by atoms with Gasteiger partial charge in [-0.3, -0.25) is 4.79 Å². The molecule has 8 nitrogen and oxygen atoms in total. The van der Waals surface area contributed by atoms with Crippen molar-refractivity contribution in [1.82, 2.24) is 9.69 Å². The molecule has 1 unspecified atom stereocenters. The molecule has 144 valence electrons. The molecular weight excluding hydrogens is 378 g/mol. The number of amides is 2. The first-order chi connectivity index (χ1) is 12.0. The van der Waals surface area contributed by atoms with Crippen LogP contribution in [0.4, 0.5) is 9.80 Å². The number of aromatic nitrogens is 1. The fraction of sp³-hybridized carbons (Fsp3) is 0.625. The highest BCUT2D eigenvalue weighted by molar-refractivity contribution is 7.10. The van der Waals surface area contributed by atoms with Crippen LogP contribution in [-0.2, 0) is 9.53 Å². The predicted octanol–water partition coefficient (Wildman–Crippen LogP) is 2.65. The number of hydrogen-bond donors (Lipinski definition) is 2. The molecule has 0 bridgehead atoms. The summed E-state index contributed by atoms with van der Waals surface area (Å²) in [4.78, 5) is 23.8. The van der Waals surface area contributed by atoms with Gasteiger partial charge in [0.05, 0.1) is 0 Å². The number of carbonyl (C=O) groups excluding carboxylic acids is 2. The van der Waals surface area contributed by atoms with Gasteiger partial charge in [-0.25, -0.2) is 4.79 Å². The standard InChI is InChI=1S/C8H8ClN3S.C8H16N2O3/c9-7-6(5-10)8(13-11-7)12-3-1-2-4-12;1-5(6(9)11)10-7(12)13-8(2,3)4/h1-4H2;5H,1-4H3,(H2,9,11)(H,10,12). The van der Waals surface area contributed by atoms with Gasteiger partial charge in [-0.2, -0.15) is 9.64 Å². The van der Waals surface area contributed by atoms with Crippen molar-refractivity contribution in [3.63, 3.8) is 0 Å². The first kappa shape index (κ1) is 22.0. The van der Waals surface area contributed by atoms with E-state index in [0.717, 1.165) is 18.1 Å². The van der Waals surface area contributed by atoms with Gasteiger partial charge in [0.25, 0.3) is 0 Å². The lowest BCUT2D eigenvalue weighted by Gasteiger charge is -2.20. The Morgan fingerprint density at radius 1 is 1.42 bits per heavy atom. The fourth-order valence-corrected chi connectivity index (χ4v) is 3.13. The monoisotopic (exact) mass is 401 g/mol. The Kier molecular flexibility index (Phi) is 8.11. The van der Waals surface area contributed by atoms with Crippen LogP contribution in [0.5, 0.6) is 0 Å². The second-order valence-electron chi connectivity index (χ2n) is 6.73. The summed E-state index contributed by atoms with van der Waals surface area (Å²) in [5, 5.41) is 12.4. The molecule has 1 aliphatic heterocycles. The molecule has 0 aromatic carbocycles. The summed E-state index contributed by atoms with van der Waals surface area (Å²) in [5.74, 6) is -0.592. The van der Waals surface area contributed by atoms with E-state index in [2.05, 4.69) is 20.7 Å². The smallest absolute Gasteiger partial charge is 0.408 e. The van der Waals surface area contributed by atoms with E-state index in [1.807, 2.05) is 0 Å². The lowest BCUT2D eigenvalue weighted by atomic mass is 10.2. The van der Waals surface area contributed by atoms with Crippen molar-refractivity contribution in [3.05, 3.63) is 10.7 Å². The van der Waals surface area contributed by atoms with Crippen LogP contribution in [0.2, 0.25) is 5.15 Å². The first-order valence-electron chi connectivity index (χ1n) is 8.14. The first-order valence-corrected chi connectivity index (χ1v) is 9.29. The second kappa shape index (κ2) is 9.59. The highest BCUT2D eigenvalue weighted by Gasteiger charge is 2.21. The number of primary amides is 1. The van der Waals surface area contributed by atoms with E-state index >= 15 is 0 Å². The summed E-state index contributed by atoms with van der Waals surface area (Å²) < 4.78 is 8.88. The second-order valence-corrected chi connectivity index (χ2v) is 7.84. The van der Waals surface area contributed by atoms with Gasteiger partial charge < -0.3 is 20.7 Å². The maximum Gasteiger partial charge on any atom is 0.408 e. The summed E-state index contributed by atoms with van der Waals surface area (Å²) in [6, 6.07) is 1.38. The zero-order chi connectivity index (χ0) is 19.9. The summed E-state index contributed by atoms with van der Waals surface area (Å²) in [5.41, 5.74) is 4.91. The fourth-order valence-electron chi connectivity index (χ4n) is 2.05. The SMILES string of the molecule is CC(NC(=O)OC(C)(C)C)C(N)=O.N#Cc1c(Cl)nsc1N1CCCC1. The molecule has 2 amide bonds. The van der Waals surface area contributed by atoms with Gasteiger partial charge in [-0.05, 0) is 52.1 Å². The summed E-state index contributed by atoms with van der Waals surface area (Å²) in [6.45, 7) is 8.75. The Morgan fingerprint density at radius 3 is 2.46 bits per heavy atom. The van der Waals surface area contributed by atoms with Gasteiger partial charge in [0.1, 0.15) is 28.3 Å². The van der Waals surface area contributed by atoms with E-state index in [0.29, 0.717) is 10.7 Å². The van der Waals surface area contributed by atoms with Crippen molar-refractivity contribution >= 4 is 40.1 Å². The van der Waals surface area contributed by atoms with Gasteiger partial charge in [-0.15, -0.1) is 0 Å². The minimum Gasteiger partial charge on any atom is -0.444 e. The quantitative estimate of drug-likeness (QED) is 0.802. The number of alkyl carbamates (subject to hydrolysis) is 1. The number of nitrogens with one attached hydrogen (secondary N) is 1. The minimum atomic E-state index is -0.713. The lowest BCUT2D eigenvalue weighted by molar-refractivity contribution is -0.119. The van der Waals surface area contributed by atoms with Crippen molar-refractivity contribution < 1.29 is 14.3 Å². The molecule has 0 radical (unpaired) electrons. The van der Waals surface area contributed by atoms with Crippen LogP contribution in [0, 0.1) is 11.3 Å². The number of carbonyl (C=O) groups is 2. The third kappa shape index (κ3) is 7.06. The Balaban J connectivity index is 0.000000260. The number of anilines is 1. The molecule has 1 atom stereocenters. The lowest BCUT2D eigenvalue weighted by Crippen LogP contribution is -2.44. The van der Waals surface area contributed by atoms with Crippen molar-refractivity contribution in [2.75, 3.05) is 18.0 Å². The van der Waals surface area contributed by atoms with Crippen LogP contribution in [0.3, 0.4) is 0 Å². The molecule has 2 rings (SSSR count). The van der Waals surface area contributed by atoms with E-state index in [1.54, 1.807) is 20.8 Å². The minimum absolute atomic E-state index is 0.342. The molecule has 1 fully saturated rings. The molecule has 10 heteroatoms. The largest absolute Gasteiger partial charge is 0.444 e. The van der Waals surface area contributed by atoms with Crippen LogP contribution >= 0.6 is 23.1 Å². The Bertz CT molecular complexity index is 674. The summed E-state index contributed by atoms with van der Waals surface area (Å²) in [6.07, 6.45) is 1.75. The zero-order valence-corrected chi connectivity index (χ0v) is 16.9. The molecule has 1 aromatic rings. The van der Waals surface area contributed by atoms with Crippen LogP contribution in [0.15, 0.2) is 0 Å². The molecular formula is C16H24ClN5O3S. The normalized spacial score (nSPS) is 14.7. The van der Waals surface area contributed by atoms with Crippen LogP contribution < -0.4 is 16.0 Å². The van der Waals surface area contributed by atoms with Gasteiger partial charge >= 0.3 is 6.09 Å². The average molecular weight is 402 g/mol. The van der Waals surface area contributed by atoms with Gasteiger partial charge in [-0.1, -0.05) is 11.6 Å². The average Bonchev–Trinajstić information content (AvgIpc) is 3.14. The molecule has 26 heavy (non-hydrogen) atoms. The maximum atomic E-state index is 11.0. The molecule has 0 saturated carbocycles. The number of nitrogens with zero attached hydrogens (tertiary/aromatic N) is 3. The van der Waals surface area contributed by atoms with Gasteiger partial charge in [0, 0.05) is 13.1 Å². The number of nitriles is 1. The number of nitrogens with two attached hydrogens (primary N) is 1. The number of rotatable bonds is 3. The highest BCUT2D eigenvalue weighted by Crippen LogP contribution is 2.32. The van der Waals surface area contributed by atoms with Gasteiger partial charge in [0.15, 0.2) is 5.15 Å². The number of hydrogen-bond acceptors (Lipinski definition) is 7. The van der Waals surface area contributed by atoms with Crippen molar-refractivity contribution in [3.8, 4) is 6.07 Å². The van der Waals surface area contributed by atoms with E-state index in [-0.39, 0.29) is 0 Å². The Hall–Kier alpha value is -2.05. The van der Waals surface area contributed by atoms with Gasteiger partial charge in [0.2, 0.25) is 5.91 Å². The maximum absolute atomic E-state index is 11.0. The third-order valence-electron chi connectivity index (χ3n) is 3.30. The molecule has 0 aliphatic carbocycles. The van der Waals surface area contributed by atoms with E-state index in [1.165, 1.54) is 31.3 Å². The van der Waals surface area contributed by atoms with E-state index in [4.69, 9.17) is 27.3 Å². The third-order valence-corrected chi connectivity index (χ3v) is 4.58. The number of ether oxygens (including phenoxy) is 1. The number of halogens is 1. The summed E-state index contributed by atoms with van der Waals surface area (Å²) >= 11 is 7.09. The highest BCUT2D eigenvalue weighted by atomic mass is 35.5. The Labute approximate surface area is 162 Å². The molecule has 3 N–H and O–H groups in total. The van der Waals surface area contributed by atoms with Crippen LogP contribution in [-0.4, -0.2) is 41.1 Å².